The predicted molar refractivity (Wildman–Crippen MR) is 327 cm³/mol. The van der Waals surface area contributed by atoms with Crippen LogP contribution in [0.5, 0.6) is 0 Å². The molecule has 0 saturated carbocycles. The zero-order valence-electron chi connectivity index (χ0n) is 51.3. The summed E-state index contributed by atoms with van der Waals surface area (Å²) in [7, 11) is 0. The normalized spacial score (nSPS) is 24.4. The van der Waals surface area contributed by atoms with Gasteiger partial charge in [-0.3, -0.25) is 4.79 Å². The van der Waals surface area contributed by atoms with Crippen molar-refractivity contribution in [2.24, 2.45) is 0 Å². The lowest BCUT2D eigenvalue weighted by Gasteiger charge is -2.46. The highest BCUT2D eigenvalue weighted by molar-refractivity contribution is 5.76. The Kier molecular flexibility index (Phi) is 48.5. The molecule has 0 spiro atoms. The van der Waals surface area contributed by atoms with Gasteiger partial charge in [-0.2, -0.15) is 0 Å². The number of unbranched alkanes of at least 4 members (excludes halogenated alkanes) is 35. The average Bonchev–Trinajstić information content (AvgIpc) is 3.48. The Bertz CT molecular complexity index is 1540. The van der Waals surface area contributed by atoms with Gasteiger partial charge in [-0.25, -0.2) is 0 Å². The number of allylic oxidation sites excluding steroid dienone is 7. The van der Waals surface area contributed by atoms with E-state index in [1.807, 2.05) is 6.08 Å². The van der Waals surface area contributed by atoms with Crippen molar-refractivity contribution < 1.29 is 64.6 Å². The number of amides is 1. The summed E-state index contributed by atoms with van der Waals surface area (Å²) in [5.74, 6) is -0.251. The number of hydrogen-bond acceptors (Lipinski definition) is 13. The van der Waals surface area contributed by atoms with E-state index in [9.17, 15) is 45.6 Å². The summed E-state index contributed by atoms with van der Waals surface area (Å²) < 4.78 is 22.7. The summed E-state index contributed by atoms with van der Waals surface area (Å²) in [4.78, 5) is 13.3. The van der Waals surface area contributed by atoms with Crippen molar-refractivity contribution in [3.05, 3.63) is 48.6 Å². The standard InChI is InChI=1S/C67H123NO13/c1-3-5-7-9-11-13-15-17-18-19-20-21-22-23-24-25-26-27-28-29-30-31-32-33-34-35-36-37-38-39-41-43-45-47-49-51-59(72)68-55(56(71)50-48-46-44-42-40-16-14-12-10-8-6-4-2)54-78-66-64(77)62(75)65(58(53-70)80-66)81-67-63(76)61(74)60(73)57(52-69)79-67/h10,12,19-20,40,42,48,50,55-58,60-67,69-71,73-77H,3-9,11,13-18,21-39,41,43-47,49,51-54H2,1-2H3,(H,68,72)/b12-10+,20-19-,42-40+,50-48+. The molecule has 12 unspecified atom stereocenters. The second-order valence-corrected chi connectivity index (χ2v) is 23.6. The number of aliphatic hydroxyl groups excluding tert-OH is 8. The molecule has 12 atom stereocenters. The molecule has 474 valence electrons. The Morgan fingerprint density at radius 1 is 0.432 bits per heavy atom. The number of aliphatic hydroxyl groups is 8. The third-order valence-electron chi connectivity index (χ3n) is 16.2. The van der Waals surface area contributed by atoms with E-state index in [-0.39, 0.29) is 18.9 Å². The van der Waals surface area contributed by atoms with Gasteiger partial charge in [-0.05, 0) is 64.2 Å². The number of ether oxygens (including phenoxy) is 4. The number of carbonyl (C=O) groups is 1. The average molecular weight is 1150 g/mol. The first-order valence-corrected chi connectivity index (χ1v) is 33.4. The second-order valence-electron chi connectivity index (χ2n) is 23.6. The van der Waals surface area contributed by atoms with Gasteiger partial charge in [0.1, 0.15) is 48.8 Å². The van der Waals surface area contributed by atoms with Crippen LogP contribution in [0.25, 0.3) is 0 Å². The fourth-order valence-electron chi connectivity index (χ4n) is 10.8. The van der Waals surface area contributed by atoms with E-state index in [0.29, 0.717) is 12.8 Å². The Morgan fingerprint density at radius 3 is 1.25 bits per heavy atom. The van der Waals surface area contributed by atoms with Gasteiger partial charge >= 0.3 is 0 Å². The van der Waals surface area contributed by atoms with Crippen LogP contribution >= 0.6 is 0 Å². The summed E-state index contributed by atoms with van der Waals surface area (Å²) in [6, 6.07) is -0.936. The molecule has 1 amide bonds. The number of hydrogen-bond donors (Lipinski definition) is 9. The molecular formula is C67H123NO13. The van der Waals surface area contributed by atoms with E-state index in [1.165, 1.54) is 199 Å². The molecule has 2 fully saturated rings. The minimum absolute atomic E-state index is 0.251. The summed E-state index contributed by atoms with van der Waals surface area (Å²) in [6.45, 7) is 2.73. The van der Waals surface area contributed by atoms with Crippen molar-refractivity contribution in [1.82, 2.24) is 5.32 Å². The molecule has 14 nitrogen and oxygen atoms in total. The van der Waals surface area contributed by atoms with Crippen molar-refractivity contribution in [2.45, 2.75) is 351 Å². The fourth-order valence-corrected chi connectivity index (χ4v) is 10.8. The van der Waals surface area contributed by atoms with E-state index in [4.69, 9.17) is 18.9 Å². The first kappa shape index (κ1) is 75.0. The van der Waals surface area contributed by atoms with Gasteiger partial charge in [0.15, 0.2) is 12.6 Å². The van der Waals surface area contributed by atoms with Crippen LogP contribution in [0.2, 0.25) is 0 Å². The molecule has 9 N–H and O–H groups in total. The molecule has 0 bridgehead atoms. The molecule has 0 aliphatic carbocycles. The van der Waals surface area contributed by atoms with E-state index >= 15 is 0 Å². The van der Waals surface area contributed by atoms with Crippen molar-refractivity contribution in [2.75, 3.05) is 19.8 Å². The molecule has 0 radical (unpaired) electrons. The molecule has 0 aromatic rings. The Balaban J connectivity index is 1.59. The monoisotopic (exact) mass is 1150 g/mol. The van der Waals surface area contributed by atoms with Crippen LogP contribution < -0.4 is 5.32 Å². The van der Waals surface area contributed by atoms with Gasteiger partial charge in [-0.1, -0.05) is 255 Å². The summed E-state index contributed by atoms with van der Waals surface area (Å²) in [5, 5.41) is 87.0. The lowest BCUT2D eigenvalue weighted by Crippen LogP contribution is -2.65. The van der Waals surface area contributed by atoms with Gasteiger partial charge in [0.2, 0.25) is 5.91 Å². The van der Waals surface area contributed by atoms with E-state index in [1.54, 1.807) is 6.08 Å². The first-order chi connectivity index (χ1) is 39.6. The molecule has 2 saturated heterocycles. The fraction of sp³-hybridized carbons (Fsp3) is 0.866. The molecule has 14 heteroatoms. The highest BCUT2D eigenvalue weighted by atomic mass is 16.7. The highest BCUT2D eigenvalue weighted by Gasteiger charge is 2.51. The summed E-state index contributed by atoms with van der Waals surface area (Å²) in [6.07, 6.45) is 50.6. The molecule has 81 heavy (non-hydrogen) atoms. The SMILES string of the molecule is CCCC/C=C/CC/C=C/CC/C=C/C(O)C(COC1OC(CO)C(OC2OC(CO)C(O)C(O)C2O)C(O)C1O)NC(=O)CCCCCCCCCCCCCCCCCCCCCCCCC/C=C\CCCCCCCCCC. The van der Waals surface area contributed by atoms with E-state index < -0.39 is 86.8 Å². The zero-order valence-corrected chi connectivity index (χ0v) is 51.3. The third-order valence-corrected chi connectivity index (χ3v) is 16.2. The summed E-state index contributed by atoms with van der Waals surface area (Å²) in [5.41, 5.74) is 0. The maximum absolute atomic E-state index is 13.3. The smallest absolute Gasteiger partial charge is 0.220 e. The van der Waals surface area contributed by atoms with Crippen LogP contribution in [0, 0.1) is 0 Å². The maximum Gasteiger partial charge on any atom is 0.220 e. The topological polar surface area (TPSA) is 228 Å². The molecular weight excluding hydrogens is 1030 g/mol. The predicted octanol–water partition coefficient (Wildman–Crippen LogP) is 12.7. The van der Waals surface area contributed by atoms with Crippen molar-refractivity contribution >= 4 is 5.91 Å². The number of nitrogens with one attached hydrogen (secondary N) is 1. The largest absolute Gasteiger partial charge is 0.394 e. The summed E-state index contributed by atoms with van der Waals surface area (Å²) >= 11 is 0. The second kappa shape index (κ2) is 52.3. The van der Waals surface area contributed by atoms with Crippen molar-refractivity contribution in [3.8, 4) is 0 Å². The minimum atomic E-state index is -1.79. The van der Waals surface area contributed by atoms with Gasteiger partial charge < -0.3 is 65.1 Å². The maximum atomic E-state index is 13.3. The van der Waals surface area contributed by atoms with Crippen LogP contribution in [0.3, 0.4) is 0 Å². The molecule has 2 rings (SSSR count). The lowest BCUT2D eigenvalue weighted by atomic mass is 9.97. The molecule has 2 heterocycles. The van der Waals surface area contributed by atoms with Gasteiger partial charge in [-0.15, -0.1) is 0 Å². The number of carbonyl (C=O) groups excluding carboxylic acids is 1. The minimum Gasteiger partial charge on any atom is -0.394 e. The van der Waals surface area contributed by atoms with Gasteiger partial charge in [0.25, 0.3) is 0 Å². The van der Waals surface area contributed by atoms with Gasteiger partial charge in [0, 0.05) is 6.42 Å². The Morgan fingerprint density at radius 2 is 0.802 bits per heavy atom. The quantitative estimate of drug-likeness (QED) is 0.0204. The van der Waals surface area contributed by atoms with Gasteiger partial charge in [0.05, 0.1) is 32.0 Å². The van der Waals surface area contributed by atoms with Crippen LogP contribution in [0.1, 0.15) is 277 Å². The van der Waals surface area contributed by atoms with E-state index in [0.717, 1.165) is 44.9 Å². The molecule has 2 aliphatic rings. The van der Waals surface area contributed by atoms with Crippen LogP contribution in [0.4, 0.5) is 0 Å². The Labute approximate surface area is 493 Å². The van der Waals surface area contributed by atoms with Crippen molar-refractivity contribution in [3.63, 3.8) is 0 Å². The van der Waals surface area contributed by atoms with Crippen LogP contribution in [-0.2, 0) is 23.7 Å². The van der Waals surface area contributed by atoms with Crippen LogP contribution in [0.15, 0.2) is 48.6 Å². The zero-order chi connectivity index (χ0) is 58.8. The Hall–Kier alpha value is -2.05. The van der Waals surface area contributed by atoms with Crippen molar-refractivity contribution in [1.29, 1.82) is 0 Å². The lowest BCUT2D eigenvalue weighted by molar-refractivity contribution is -0.359. The third kappa shape index (κ3) is 37.2. The number of rotatable bonds is 54. The van der Waals surface area contributed by atoms with E-state index in [2.05, 4.69) is 55.6 Å². The molecule has 0 aromatic carbocycles. The van der Waals surface area contributed by atoms with Crippen LogP contribution in [-0.4, -0.2) is 140 Å². The molecule has 2 aliphatic heterocycles. The highest BCUT2D eigenvalue weighted by Crippen LogP contribution is 2.30. The first-order valence-electron chi connectivity index (χ1n) is 33.4. The molecule has 0 aromatic heterocycles.